The summed E-state index contributed by atoms with van der Waals surface area (Å²) in [4.78, 5) is 12.6. The van der Waals surface area contributed by atoms with E-state index in [1.54, 1.807) is 6.92 Å². The quantitative estimate of drug-likeness (QED) is 0.106. The molecule has 0 heterocycles. The van der Waals surface area contributed by atoms with Gasteiger partial charge in [-0.25, -0.2) is 4.79 Å². The predicted molar refractivity (Wildman–Crippen MR) is 141 cm³/mol. The maximum Gasteiger partial charge on any atom is 0.364 e. The third-order valence-corrected chi connectivity index (χ3v) is 6.12. The van der Waals surface area contributed by atoms with Crippen LogP contribution in [0.5, 0.6) is 5.75 Å². The Morgan fingerprint density at radius 3 is 2.09 bits per heavy atom. The van der Waals surface area contributed by atoms with Crippen molar-refractivity contribution < 1.29 is 18.8 Å². The Hall–Kier alpha value is -2.33. The van der Waals surface area contributed by atoms with Gasteiger partial charge in [0.2, 0.25) is 6.29 Å². The molecule has 0 aromatic heterocycles. The van der Waals surface area contributed by atoms with Crippen LogP contribution in [0.4, 0.5) is 0 Å². The fraction of sp³-hybridized carbons (Fsp3) is 0.567. The van der Waals surface area contributed by atoms with E-state index in [1.165, 1.54) is 62.5 Å². The number of esters is 1. The summed E-state index contributed by atoms with van der Waals surface area (Å²) >= 11 is 0. The first-order valence-corrected chi connectivity index (χ1v) is 13.2. The van der Waals surface area contributed by atoms with Crippen molar-refractivity contribution in [2.45, 2.75) is 90.9 Å². The normalized spacial score (nSPS) is 12.4. The molecular formula is C30H46NO3+. The van der Waals surface area contributed by atoms with Gasteiger partial charge in [0.05, 0.1) is 14.1 Å². The van der Waals surface area contributed by atoms with Crippen LogP contribution < -0.4 is 4.74 Å². The molecule has 0 aliphatic carbocycles. The van der Waals surface area contributed by atoms with E-state index in [-0.39, 0.29) is 5.97 Å². The highest BCUT2D eigenvalue weighted by Crippen LogP contribution is 2.22. The van der Waals surface area contributed by atoms with E-state index in [9.17, 15) is 4.79 Å². The number of hydrogen-bond donors (Lipinski definition) is 0. The van der Waals surface area contributed by atoms with Crippen LogP contribution in [0, 0.1) is 0 Å². The highest BCUT2D eigenvalue weighted by molar-refractivity contribution is 5.70. The molecule has 1 atom stereocenters. The van der Waals surface area contributed by atoms with E-state index in [1.807, 2.05) is 44.4 Å². The second kappa shape index (κ2) is 15.5. The van der Waals surface area contributed by atoms with E-state index in [0.717, 1.165) is 25.1 Å². The Morgan fingerprint density at radius 1 is 0.824 bits per heavy atom. The van der Waals surface area contributed by atoms with Crippen molar-refractivity contribution in [2.75, 3.05) is 20.6 Å². The Labute approximate surface area is 207 Å². The summed E-state index contributed by atoms with van der Waals surface area (Å²) in [7, 11) is 4.08. The third kappa shape index (κ3) is 11.7. The lowest BCUT2D eigenvalue weighted by molar-refractivity contribution is -0.896. The van der Waals surface area contributed by atoms with Gasteiger partial charge in [-0.15, -0.1) is 0 Å². The first kappa shape index (κ1) is 27.9. The number of quaternary nitrogens is 1. The van der Waals surface area contributed by atoms with E-state index in [0.29, 0.717) is 11.0 Å². The molecule has 0 bridgehead atoms. The number of para-hydroxylation sites is 1. The number of carbonyl (C=O) groups is 1. The number of benzene rings is 2. The van der Waals surface area contributed by atoms with Crippen molar-refractivity contribution in [1.29, 1.82) is 0 Å². The van der Waals surface area contributed by atoms with Gasteiger partial charge in [0.1, 0.15) is 12.3 Å². The fourth-order valence-corrected chi connectivity index (χ4v) is 4.36. The molecule has 188 valence electrons. The maximum absolute atomic E-state index is 12.6. The molecule has 0 saturated carbocycles. The average molecular weight is 469 g/mol. The molecule has 2 aromatic rings. The maximum atomic E-state index is 12.6. The molecule has 0 aliphatic heterocycles. The van der Waals surface area contributed by atoms with Crippen LogP contribution in [0.2, 0.25) is 0 Å². The Kier molecular flexibility index (Phi) is 12.8. The van der Waals surface area contributed by atoms with E-state index < -0.39 is 6.29 Å². The lowest BCUT2D eigenvalue weighted by atomic mass is 10.0. The predicted octanol–water partition coefficient (Wildman–Crippen LogP) is 7.30. The zero-order valence-corrected chi connectivity index (χ0v) is 21.9. The van der Waals surface area contributed by atoms with Gasteiger partial charge in [-0.1, -0.05) is 107 Å². The van der Waals surface area contributed by atoms with Crippen molar-refractivity contribution in [3.05, 3.63) is 65.7 Å². The molecule has 0 aliphatic rings. The number of rotatable bonds is 17. The second-order valence-electron chi connectivity index (χ2n) is 10.1. The van der Waals surface area contributed by atoms with Crippen LogP contribution in [0.25, 0.3) is 0 Å². The first-order valence-electron chi connectivity index (χ1n) is 13.2. The lowest BCUT2D eigenvalue weighted by Gasteiger charge is -2.29. The van der Waals surface area contributed by atoms with Crippen LogP contribution in [0.3, 0.4) is 0 Å². The summed E-state index contributed by atoms with van der Waals surface area (Å²) in [6, 6.07) is 18.3. The molecule has 0 fully saturated rings. The Morgan fingerprint density at radius 2 is 1.41 bits per heavy atom. The standard InChI is InChI=1S/C30H46NO3/c1-5-6-7-8-9-10-11-12-16-21-28-22-17-18-23-29(28)33-26(2)34-30(32)25-31(3,4)24-27-19-14-13-15-20-27/h13-15,17-20,22-23,26H,5-12,16,21,24-25H2,1-4H3/q+1. The van der Waals surface area contributed by atoms with Gasteiger partial charge in [0.25, 0.3) is 0 Å². The summed E-state index contributed by atoms with van der Waals surface area (Å²) < 4.78 is 12.2. The third-order valence-electron chi connectivity index (χ3n) is 6.12. The highest BCUT2D eigenvalue weighted by atomic mass is 16.7. The molecule has 4 nitrogen and oxygen atoms in total. The summed E-state index contributed by atoms with van der Waals surface area (Å²) in [5, 5.41) is 0. The van der Waals surface area contributed by atoms with Gasteiger partial charge in [-0.3, -0.25) is 0 Å². The molecule has 34 heavy (non-hydrogen) atoms. The molecule has 2 aromatic carbocycles. The van der Waals surface area contributed by atoms with Crippen LogP contribution in [-0.4, -0.2) is 37.4 Å². The number of hydrogen-bond acceptors (Lipinski definition) is 3. The van der Waals surface area contributed by atoms with Crippen LogP contribution in [0.15, 0.2) is 54.6 Å². The molecule has 2 rings (SSSR count). The largest absolute Gasteiger partial charge is 0.455 e. The molecule has 0 spiro atoms. The van der Waals surface area contributed by atoms with Gasteiger partial charge in [-0.2, -0.15) is 0 Å². The average Bonchev–Trinajstić information content (AvgIpc) is 2.78. The van der Waals surface area contributed by atoms with Gasteiger partial charge < -0.3 is 14.0 Å². The summed E-state index contributed by atoms with van der Waals surface area (Å²) in [6.07, 6.45) is 12.2. The second-order valence-corrected chi connectivity index (χ2v) is 10.1. The van der Waals surface area contributed by atoms with Crippen LogP contribution in [-0.2, 0) is 22.5 Å². The SMILES string of the molecule is CCCCCCCCCCCc1ccccc1OC(C)OC(=O)C[N+](C)(C)Cc1ccccc1. The smallest absolute Gasteiger partial charge is 0.364 e. The number of unbranched alkanes of at least 4 members (excludes halogenated alkanes) is 8. The number of nitrogens with zero attached hydrogens (tertiary/aromatic N) is 1. The number of carbonyl (C=O) groups excluding carboxylic acids is 1. The van der Waals surface area contributed by atoms with Crippen molar-refractivity contribution in [3.63, 3.8) is 0 Å². The monoisotopic (exact) mass is 468 g/mol. The van der Waals surface area contributed by atoms with Crippen LogP contribution >= 0.6 is 0 Å². The molecule has 4 heteroatoms. The minimum atomic E-state index is -0.617. The zero-order valence-electron chi connectivity index (χ0n) is 21.9. The molecule has 0 N–H and O–H groups in total. The highest BCUT2D eigenvalue weighted by Gasteiger charge is 2.23. The van der Waals surface area contributed by atoms with E-state index in [4.69, 9.17) is 9.47 Å². The van der Waals surface area contributed by atoms with E-state index in [2.05, 4.69) is 31.2 Å². The minimum absolute atomic E-state index is 0.246. The molecule has 0 amide bonds. The topological polar surface area (TPSA) is 35.5 Å². The van der Waals surface area contributed by atoms with Crippen molar-refractivity contribution in [1.82, 2.24) is 0 Å². The Bertz CT molecular complexity index is 819. The van der Waals surface area contributed by atoms with Gasteiger partial charge in [0.15, 0.2) is 6.54 Å². The molecular weight excluding hydrogens is 422 g/mol. The zero-order chi connectivity index (χ0) is 24.7. The summed E-state index contributed by atoms with van der Waals surface area (Å²) in [6.45, 7) is 5.12. The molecule has 0 saturated heterocycles. The van der Waals surface area contributed by atoms with E-state index >= 15 is 0 Å². The van der Waals surface area contributed by atoms with Gasteiger partial charge >= 0.3 is 5.97 Å². The van der Waals surface area contributed by atoms with Crippen molar-refractivity contribution in [3.8, 4) is 5.75 Å². The Balaban J connectivity index is 1.72. The number of likely N-dealkylation sites (N-methyl/N-ethyl adjacent to an activating group) is 1. The van der Waals surface area contributed by atoms with Gasteiger partial charge in [-0.05, 0) is 24.5 Å². The number of ether oxygens (including phenoxy) is 2. The van der Waals surface area contributed by atoms with Crippen molar-refractivity contribution >= 4 is 5.97 Å². The minimum Gasteiger partial charge on any atom is -0.455 e. The number of aryl methyl sites for hydroxylation is 1. The fourth-order valence-electron chi connectivity index (χ4n) is 4.36. The van der Waals surface area contributed by atoms with Gasteiger partial charge in [0, 0.05) is 12.5 Å². The van der Waals surface area contributed by atoms with Crippen molar-refractivity contribution in [2.24, 2.45) is 0 Å². The summed E-state index contributed by atoms with van der Waals surface area (Å²) in [5.41, 5.74) is 2.39. The molecule has 1 unspecified atom stereocenters. The first-order chi connectivity index (χ1) is 16.4. The van der Waals surface area contributed by atoms with Crippen LogP contribution in [0.1, 0.15) is 82.8 Å². The molecule has 0 radical (unpaired) electrons. The summed E-state index contributed by atoms with van der Waals surface area (Å²) in [5.74, 6) is 0.574. The lowest BCUT2D eigenvalue weighted by Crippen LogP contribution is -2.44.